The molecule has 31 heavy (non-hydrogen) atoms. The van der Waals surface area contributed by atoms with Crippen LogP contribution in [0.3, 0.4) is 0 Å². The summed E-state index contributed by atoms with van der Waals surface area (Å²) in [6.07, 6.45) is 0. The summed E-state index contributed by atoms with van der Waals surface area (Å²) in [4.78, 5) is 25.0. The molecular weight excluding hydrogens is 430 g/mol. The van der Waals surface area contributed by atoms with Gasteiger partial charge in [-0.3, -0.25) is 14.9 Å². The number of benzene rings is 2. The van der Waals surface area contributed by atoms with Crippen LogP contribution in [0.1, 0.15) is 18.5 Å². The fourth-order valence-electron chi connectivity index (χ4n) is 3.15. The maximum absolute atomic E-state index is 13.2. The van der Waals surface area contributed by atoms with Crippen molar-refractivity contribution in [2.75, 3.05) is 12.4 Å². The average Bonchev–Trinajstić information content (AvgIpc) is 2.72. The van der Waals surface area contributed by atoms with Crippen molar-refractivity contribution in [1.29, 1.82) is 0 Å². The number of allylic oxidation sites excluding steroid dienone is 1. The van der Waals surface area contributed by atoms with E-state index in [0.29, 0.717) is 22.1 Å². The lowest BCUT2D eigenvalue weighted by atomic mass is 9.93. The number of carbonyl (C=O) groups is 1. The normalized spacial score (nSPS) is 16.2. The van der Waals surface area contributed by atoms with Crippen LogP contribution < -0.4 is 15.4 Å². The van der Waals surface area contributed by atoms with E-state index >= 15 is 0 Å². The van der Waals surface area contributed by atoms with Gasteiger partial charge in [0, 0.05) is 36.1 Å². The molecule has 0 fully saturated rings. The van der Waals surface area contributed by atoms with E-state index in [0.717, 1.165) is 0 Å². The summed E-state index contributed by atoms with van der Waals surface area (Å²) in [5.74, 6) is -0.610. The number of alkyl halides is 2. The molecule has 0 bridgehead atoms. The van der Waals surface area contributed by atoms with Crippen LogP contribution in [0.15, 0.2) is 59.8 Å². The first-order chi connectivity index (χ1) is 14.7. The van der Waals surface area contributed by atoms with Crippen LogP contribution >= 0.6 is 12.2 Å². The number of halogens is 2. The SMILES string of the molecule is CC1=C(C(=O)Nc2ccc([N+](=O)[O-])cc2)C(c2ccccc2OC(F)F)NC(=S)N1C. The molecule has 1 atom stereocenters. The Morgan fingerprint density at radius 3 is 2.52 bits per heavy atom. The molecule has 0 saturated heterocycles. The molecule has 162 valence electrons. The number of nitro benzene ring substituents is 1. The monoisotopic (exact) mass is 448 g/mol. The quantitative estimate of drug-likeness (QED) is 0.392. The van der Waals surface area contributed by atoms with Gasteiger partial charge in [-0.1, -0.05) is 18.2 Å². The van der Waals surface area contributed by atoms with E-state index < -0.39 is 23.5 Å². The second kappa shape index (κ2) is 9.04. The third kappa shape index (κ3) is 4.77. The van der Waals surface area contributed by atoms with E-state index in [2.05, 4.69) is 15.4 Å². The topological polar surface area (TPSA) is 96.7 Å². The second-order valence-electron chi connectivity index (χ2n) is 6.62. The molecule has 1 amide bonds. The van der Waals surface area contributed by atoms with Gasteiger partial charge in [-0.05, 0) is 37.3 Å². The molecule has 1 heterocycles. The zero-order valence-electron chi connectivity index (χ0n) is 16.5. The van der Waals surface area contributed by atoms with Gasteiger partial charge in [0.05, 0.1) is 16.5 Å². The summed E-state index contributed by atoms with van der Waals surface area (Å²) in [5.41, 5.74) is 1.28. The second-order valence-corrected chi connectivity index (χ2v) is 7.00. The van der Waals surface area contributed by atoms with Gasteiger partial charge >= 0.3 is 6.61 Å². The van der Waals surface area contributed by atoms with Crippen molar-refractivity contribution in [3.8, 4) is 5.75 Å². The molecule has 0 radical (unpaired) electrons. The van der Waals surface area contributed by atoms with Gasteiger partial charge < -0.3 is 20.3 Å². The highest BCUT2D eigenvalue weighted by Gasteiger charge is 2.34. The van der Waals surface area contributed by atoms with E-state index in [4.69, 9.17) is 12.2 Å². The van der Waals surface area contributed by atoms with E-state index in [9.17, 15) is 23.7 Å². The van der Waals surface area contributed by atoms with Gasteiger partial charge in [-0.25, -0.2) is 0 Å². The molecule has 2 N–H and O–H groups in total. The van der Waals surface area contributed by atoms with Gasteiger partial charge in [0.2, 0.25) is 0 Å². The van der Waals surface area contributed by atoms with Crippen molar-refractivity contribution >= 4 is 34.6 Å². The maximum atomic E-state index is 13.2. The number of hydrogen-bond acceptors (Lipinski definition) is 5. The Hall–Kier alpha value is -3.60. The summed E-state index contributed by atoms with van der Waals surface area (Å²) < 4.78 is 30.4. The van der Waals surface area contributed by atoms with E-state index in [-0.39, 0.29) is 17.0 Å². The lowest BCUT2D eigenvalue weighted by Crippen LogP contribution is -2.46. The van der Waals surface area contributed by atoms with Gasteiger partial charge in [0.25, 0.3) is 11.6 Å². The number of rotatable bonds is 6. The molecule has 3 rings (SSSR count). The molecule has 1 unspecified atom stereocenters. The van der Waals surface area contributed by atoms with E-state index in [1.165, 1.54) is 30.3 Å². The Bertz CT molecular complexity index is 1060. The van der Waals surface area contributed by atoms with Crippen molar-refractivity contribution in [2.24, 2.45) is 0 Å². The number of carbonyl (C=O) groups excluding carboxylic acids is 1. The predicted molar refractivity (Wildman–Crippen MR) is 114 cm³/mol. The summed E-state index contributed by atoms with van der Waals surface area (Å²) in [6, 6.07) is 10.6. The number of hydrogen-bond donors (Lipinski definition) is 2. The number of para-hydroxylation sites is 1. The van der Waals surface area contributed by atoms with Crippen molar-refractivity contribution in [3.05, 3.63) is 75.5 Å². The summed E-state index contributed by atoms with van der Waals surface area (Å²) in [7, 11) is 1.67. The first-order valence-electron chi connectivity index (χ1n) is 9.03. The van der Waals surface area contributed by atoms with Gasteiger partial charge in [0.15, 0.2) is 5.11 Å². The number of nitrogens with zero attached hydrogens (tertiary/aromatic N) is 2. The molecule has 8 nitrogen and oxygen atoms in total. The fourth-order valence-corrected chi connectivity index (χ4v) is 3.41. The minimum atomic E-state index is -3.04. The number of amides is 1. The minimum Gasteiger partial charge on any atom is -0.434 e. The molecule has 1 aliphatic heterocycles. The molecule has 11 heteroatoms. The summed E-state index contributed by atoms with van der Waals surface area (Å²) in [6.45, 7) is -1.36. The molecule has 0 aliphatic carbocycles. The number of nitro groups is 1. The minimum absolute atomic E-state index is 0.0872. The molecule has 0 spiro atoms. The van der Waals surface area contributed by atoms with Crippen molar-refractivity contribution in [2.45, 2.75) is 19.6 Å². The Labute approximate surface area is 181 Å². The summed E-state index contributed by atoms with van der Waals surface area (Å²) >= 11 is 5.32. The highest BCUT2D eigenvalue weighted by atomic mass is 32.1. The largest absolute Gasteiger partial charge is 0.434 e. The lowest BCUT2D eigenvalue weighted by Gasteiger charge is -2.36. The standard InChI is InChI=1S/C20H18F2N4O4S/c1-11-16(18(27)23-12-7-9-13(10-8-12)26(28)29)17(24-20(31)25(11)2)14-5-3-4-6-15(14)30-19(21)22/h3-10,17,19H,1-2H3,(H,23,27)(H,24,31). The number of anilines is 1. The Balaban J connectivity index is 1.99. The number of non-ortho nitro benzene ring substituents is 1. The zero-order valence-corrected chi connectivity index (χ0v) is 17.3. The number of nitrogens with one attached hydrogen (secondary N) is 2. The van der Waals surface area contributed by atoms with Crippen molar-refractivity contribution in [1.82, 2.24) is 10.2 Å². The highest BCUT2D eigenvalue weighted by Crippen LogP contribution is 2.36. The Morgan fingerprint density at radius 1 is 1.26 bits per heavy atom. The van der Waals surface area contributed by atoms with Crippen LogP contribution in [-0.2, 0) is 4.79 Å². The van der Waals surface area contributed by atoms with E-state index in [1.807, 2.05) is 0 Å². The van der Waals surface area contributed by atoms with Crippen LogP contribution in [0.25, 0.3) is 0 Å². The van der Waals surface area contributed by atoms with Gasteiger partial charge in [-0.15, -0.1) is 0 Å². The third-order valence-corrected chi connectivity index (χ3v) is 5.17. The smallest absolute Gasteiger partial charge is 0.387 e. The first-order valence-corrected chi connectivity index (χ1v) is 9.44. The van der Waals surface area contributed by atoms with Crippen molar-refractivity contribution < 1.29 is 23.2 Å². The molecule has 2 aromatic carbocycles. The Kier molecular flexibility index (Phi) is 6.44. The van der Waals surface area contributed by atoms with Gasteiger partial charge in [0.1, 0.15) is 5.75 Å². The maximum Gasteiger partial charge on any atom is 0.387 e. The highest BCUT2D eigenvalue weighted by molar-refractivity contribution is 7.80. The van der Waals surface area contributed by atoms with Gasteiger partial charge in [-0.2, -0.15) is 8.78 Å². The first kappa shape index (κ1) is 22.1. The molecule has 0 aromatic heterocycles. The average molecular weight is 448 g/mol. The third-order valence-electron chi connectivity index (χ3n) is 4.78. The van der Waals surface area contributed by atoms with Crippen LogP contribution in [0.2, 0.25) is 0 Å². The van der Waals surface area contributed by atoms with Crippen molar-refractivity contribution in [3.63, 3.8) is 0 Å². The van der Waals surface area contributed by atoms with Crippen LogP contribution in [0.4, 0.5) is 20.2 Å². The number of ether oxygens (including phenoxy) is 1. The molecule has 0 saturated carbocycles. The molecule has 2 aromatic rings. The summed E-state index contributed by atoms with van der Waals surface area (Å²) in [5, 5.41) is 16.8. The van der Waals surface area contributed by atoms with Crippen LogP contribution in [0, 0.1) is 10.1 Å². The lowest BCUT2D eigenvalue weighted by molar-refractivity contribution is -0.384. The van der Waals surface area contributed by atoms with E-state index in [1.54, 1.807) is 37.1 Å². The van der Waals surface area contributed by atoms with Crippen LogP contribution in [0.5, 0.6) is 5.75 Å². The fraction of sp³-hybridized carbons (Fsp3) is 0.200. The predicted octanol–water partition coefficient (Wildman–Crippen LogP) is 3.97. The van der Waals surface area contributed by atoms with Crippen LogP contribution in [-0.4, -0.2) is 34.5 Å². The zero-order chi connectivity index (χ0) is 22.7. The number of thiocarbonyl (C=S) groups is 1. The Morgan fingerprint density at radius 2 is 1.90 bits per heavy atom. The molecular formula is C20H18F2N4O4S. The molecule has 1 aliphatic rings.